The number of likely N-dealkylation sites (tertiary alicyclic amines) is 1. The number of aryl methyl sites for hydroxylation is 1. The zero-order valence-electron chi connectivity index (χ0n) is 14.1. The van der Waals surface area contributed by atoms with Crippen LogP contribution in [0, 0.1) is 12.8 Å². The van der Waals surface area contributed by atoms with Crippen LogP contribution in [0.1, 0.15) is 41.7 Å². The number of rotatable bonds is 3. The van der Waals surface area contributed by atoms with Crippen LogP contribution in [0.5, 0.6) is 0 Å². The summed E-state index contributed by atoms with van der Waals surface area (Å²) in [5, 5.41) is 9.62. The van der Waals surface area contributed by atoms with Gasteiger partial charge in [-0.25, -0.2) is 0 Å². The van der Waals surface area contributed by atoms with E-state index in [1.807, 2.05) is 11.8 Å². The molecule has 3 aliphatic rings. The predicted molar refractivity (Wildman–Crippen MR) is 88.5 cm³/mol. The predicted octanol–water partition coefficient (Wildman–Crippen LogP) is 0.533. The van der Waals surface area contributed by atoms with Crippen molar-refractivity contribution in [3.05, 3.63) is 17.5 Å². The molecule has 7 nitrogen and oxygen atoms in total. The first-order valence-electron chi connectivity index (χ1n) is 8.95. The normalized spacial score (nSPS) is 27.6. The molecular formula is C17H25N5O2. The van der Waals surface area contributed by atoms with Gasteiger partial charge in [0.1, 0.15) is 0 Å². The van der Waals surface area contributed by atoms with Gasteiger partial charge in [-0.2, -0.15) is 5.10 Å². The van der Waals surface area contributed by atoms with E-state index in [0.717, 1.165) is 25.2 Å². The molecule has 0 spiro atoms. The molecule has 3 aliphatic heterocycles. The van der Waals surface area contributed by atoms with E-state index in [1.165, 1.54) is 19.3 Å². The summed E-state index contributed by atoms with van der Waals surface area (Å²) >= 11 is 0. The smallest absolute Gasteiger partial charge is 0.255 e. The Labute approximate surface area is 141 Å². The van der Waals surface area contributed by atoms with Crippen LogP contribution in [-0.4, -0.2) is 70.1 Å². The van der Waals surface area contributed by atoms with Gasteiger partial charge < -0.3 is 10.2 Å². The zero-order valence-corrected chi connectivity index (χ0v) is 14.1. The third-order valence-electron chi connectivity index (χ3n) is 5.71. The van der Waals surface area contributed by atoms with Gasteiger partial charge in [-0.1, -0.05) is 6.42 Å². The molecule has 2 atom stereocenters. The van der Waals surface area contributed by atoms with Crippen molar-refractivity contribution in [2.24, 2.45) is 5.92 Å². The standard InChI is InChI=1S/C17H25N5O2/c1-11-15(7-18-20-11)16(23)19-13-9-22(10-13)17(24)12-6-14-4-2-3-5-21(14)8-12/h7,12-14H,2-6,8-10H2,1H3,(H,18,20)(H,19,23). The van der Waals surface area contributed by atoms with Gasteiger partial charge in [0.2, 0.25) is 5.91 Å². The Balaban J connectivity index is 1.26. The van der Waals surface area contributed by atoms with E-state index in [-0.39, 0.29) is 23.8 Å². The first-order chi connectivity index (χ1) is 11.6. The van der Waals surface area contributed by atoms with Crippen molar-refractivity contribution in [3.63, 3.8) is 0 Å². The zero-order chi connectivity index (χ0) is 16.7. The van der Waals surface area contributed by atoms with Crippen LogP contribution in [0.4, 0.5) is 0 Å². The summed E-state index contributed by atoms with van der Waals surface area (Å²) in [5.74, 6) is 0.312. The van der Waals surface area contributed by atoms with Crippen molar-refractivity contribution in [3.8, 4) is 0 Å². The number of nitrogens with one attached hydrogen (secondary N) is 2. The summed E-state index contributed by atoms with van der Waals surface area (Å²) in [6.45, 7) is 5.15. The minimum Gasteiger partial charge on any atom is -0.346 e. The second-order valence-corrected chi connectivity index (χ2v) is 7.40. The number of nitrogens with zero attached hydrogens (tertiary/aromatic N) is 3. The monoisotopic (exact) mass is 331 g/mol. The van der Waals surface area contributed by atoms with E-state index < -0.39 is 0 Å². The number of fused-ring (bicyclic) bond motifs is 1. The summed E-state index contributed by atoms with van der Waals surface area (Å²) in [5.41, 5.74) is 1.34. The van der Waals surface area contributed by atoms with E-state index in [4.69, 9.17) is 0 Å². The molecular weight excluding hydrogens is 306 g/mol. The Bertz CT molecular complexity index is 623. The molecule has 0 aliphatic carbocycles. The van der Waals surface area contributed by atoms with E-state index in [2.05, 4.69) is 20.4 Å². The highest BCUT2D eigenvalue weighted by Gasteiger charge is 2.41. The molecule has 0 bridgehead atoms. The van der Waals surface area contributed by atoms with Crippen LogP contribution < -0.4 is 5.32 Å². The molecule has 130 valence electrons. The Morgan fingerprint density at radius 1 is 1.29 bits per heavy atom. The number of hydrogen-bond acceptors (Lipinski definition) is 4. The lowest BCUT2D eigenvalue weighted by atomic mass is 9.97. The van der Waals surface area contributed by atoms with Crippen molar-refractivity contribution in [2.75, 3.05) is 26.2 Å². The van der Waals surface area contributed by atoms with Crippen LogP contribution in [-0.2, 0) is 4.79 Å². The van der Waals surface area contributed by atoms with Crippen molar-refractivity contribution in [1.82, 2.24) is 25.3 Å². The van der Waals surface area contributed by atoms with Gasteiger partial charge in [0.05, 0.1) is 23.7 Å². The number of aromatic nitrogens is 2. The maximum atomic E-state index is 12.7. The lowest BCUT2D eigenvalue weighted by Gasteiger charge is -2.40. The summed E-state index contributed by atoms with van der Waals surface area (Å²) < 4.78 is 0. The highest BCUT2D eigenvalue weighted by molar-refractivity contribution is 5.95. The fourth-order valence-electron chi connectivity index (χ4n) is 4.28. The SMILES string of the molecule is Cc1[nH]ncc1C(=O)NC1CN(C(=O)C2CC3CCCCN3C2)C1. The Hall–Kier alpha value is -1.89. The van der Waals surface area contributed by atoms with Crippen LogP contribution in [0.15, 0.2) is 6.20 Å². The van der Waals surface area contributed by atoms with E-state index in [0.29, 0.717) is 24.7 Å². The van der Waals surface area contributed by atoms with Gasteiger partial charge in [0.15, 0.2) is 0 Å². The van der Waals surface area contributed by atoms with Gasteiger partial charge in [-0.15, -0.1) is 0 Å². The van der Waals surface area contributed by atoms with Crippen molar-refractivity contribution < 1.29 is 9.59 Å². The molecule has 3 saturated heterocycles. The Morgan fingerprint density at radius 2 is 2.12 bits per heavy atom. The minimum atomic E-state index is -0.114. The quantitative estimate of drug-likeness (QED) is 0.847. The molecule has 1 aromatic heterocycles. The molecule has 0 saturated carbocycles. The van der Waals surface area contributed by atoms with Gasteiger partial charge in [0.25, 0.3) is 5.91 Å². The fourth-order valence-corrected chi connectivity index (χ4v) is 4.28. The number of H-pyrrole nitrogens is 1. The van der Waals surface area contributed by atoms with Crippen LogP contribution >= 0.6 is 0 Å². The third-order valence-corrected chi connectivity index (χ3v) is 5.71. The fraction of sp³-hybridized carbons (Fsp3) is 0.706. The highest BCUT2D eigenvalue weighted by Crippen LogP contribution is 2.32. The van der Waals surface area contributed by atoms with Gasteiger partial charge in [0, 0.05) is 31.4 Å². The highest BCUT2D eigenvalue weighted by atomic mass is 16.2. The number of amides is 2. The van der Waals surface area contributed by atoms with Crippen LogP contribution in [0.25, 0.3) is 0 Å². The molecule has 0 radical (unpaired) electrons. The summed E-state index contributed by atoms with van der Waals surface area (Å²) in [6, 6.07) is 0.674. The molecule has 2 amide bonds. The lowest BCUT2D eigenvalue weighted by Crippen LogP contribution is -2.62. The molecule has 7 heteroatoms. The Morgan fingerprint density at radius 3 is 2.83 bits per heavy atom. The maximum absolute atomic E-state index is 12.7. The molecule has 4 rings (SSSR count). The third kappa shape index (κ3) is 2.81. The molecule has 3 fully saturated rings. The van der Waals surface area contributed by atoms with Gasteiger partial charge >= 0.3 is 0 Å². The average Bonchev–Trinajstić information content (AvgIpc) is 3.15. The molecule has 2 unspecified atom stereocenters. The molecule has 0 aromatic carbocycles. The van der Waals surface area contributed by atoms with Gasteiger partial charge in [-0.3, -0.25) is 19.6 Å². The van der Waals surface area contributed by atoms with Gasteiger partial charge in [-0.05, 0) is 32.7 Å². The van der Waals surface area contributed by atoms with E-state index >= 15 is 0 Å². The van der Waals surface area contributed by atoms with Crippen molar-refractivity contribution >= 4 is 11.8 Å². The van der Waals surface area contributed by atoms with Crippen molar-refractivity contribution in [2.45, 2.75) is 44.7 Å². The van der Waals surface area contributed by atoms with E-state index in [1.54, 1.807) is 6.20 Å². The maximum Gasteiger partial charge on any atom is 0.255 e. The van der Waals surface area contributed by atoms with Crippen LogP contribution in [0.3, 0.4) is 0 Å². The first kappa shape index (κ1) is 15.6. The summed E-state index contributed by atoms with van der Waals surface area (Å²) in [4.78, 5) is 29.2. The number of piperidine rings is 1. The first-order valence-corrected chi connectivity index (χ1v) is 8.95. The molecule has 2 N–H and O–H groups in total. The minimum absolute atomic E-state index is 0.0553. The second kappa shape index (κ2) is 6.20. The van der Waals surface area contributed by atoms with E-state index in [9.17, 15) is 9.59 Å². The summed E-state index contributed by atoms with van der Waals surface area (Å²) in [6.07, 6.45) is 6.37. The number of carbonyl (C=O) groups is 2. The molecule has 4 heterocycles. The largest absolute Gasteiger partial charge is 0.346 e. The topological polar surface area (TPSA) is 81.3 Å². The number of aromatic amines is 1. The lowest BCUT2D eigenvalue weighted by molar-refractivity contribution is -0.140. The number of hydrogen-bond donors (Lipinski definition) is 2. The summed E-state index contributed by atoms with van der Waals surface area (Å²) in [7, 11) is 0. The Kier molecular flexibility index (Phi) is 4.04. The van der Waals surface area contributed by atoms with Crippen LogP contribution in [0.2, 0.25) is 0 Å². The molecule has 1 aromatic rings. The number of carbonyl (C=O) groups excluding carboxylic acids is 2. The second-order valence-electron chi connectivity index (χ2n) is 7.40. The average molecular weight is 331 g/mol. The van der Waals surface area contributed by atoms with Crippen molar-refractivity contribution in [1.29, 1.82) is 0 Å². The molecule has 24 heavy (non-hydrogen) atoms.